The van der Waals surface area contributed by atoms with Crippen LogP contribution in [0.2, 0.25) is 5.02 Å². The predicted molar refractivity (Wildman–Crippen MR) is 119 cm³/mol. The number of hydrogen-bond donors (Lipinski definition) is 1. The lowest BCUT2D eigenvalue weighted by atomic mass is 10.1. The lowest BCUT2D eigenvalue weighted by molar-refractivity contribution is -0.142. The van der Waals surface area contributed by atoms with Gasteiger partial charge in [0.05, 0.1) is 5.02 Å². The highest BCUT2D eigenvalue weighted by atomic mass is 79.9. The van der Waals surface area contributed by atoms with Crippen LogP contribution in [0, 0.1) is 5.92 Å². The highest BCUT2D eigenvalue weighted by Crippen LogP contribution is 2.23. The summed E-state index contributed by atoms with van der Waals surface area (Å²) in [5.41, 5.74) is 0.919. The summed E-state index contributed by atoms with van der Waals surface area (Å²) in [6.45, 7) is 6.41. The Morgan fingerprint density at radius 1 is 1.10 bits per heavy atom. The molecule has 0 aliphatic carbocycles. The number of carbonyl (C=O) groups is 2. The maximum absolute atomic E-state index is 13.0. The molecule has 0 bridgehead atoms. The highest BCUT2D eigenvalue weighted by molar-refractivity contribution is 9.10. The third-order valence-corrected chi connectivity index (χ3v) is 5.15. The Hall–Kier alpha value is -2.05. The fraction of sp³-hybridized carbons (Fsp3) is 0.364. The van der Waals surface area contributed by atoms with Crippen LogP contribution in [0.3, 0.4) is 0 Å². The van der Waals surface area contributed by atoms with Gasteiger partial charge in [0, 0.05) is 17.6 Å². The molecular weight excluding hydrogens is 456 g/mol. The van der Waals surface area contributed by atoms with Crippen molar-refractivity contribution in [3.05, 3.63) is 63.6 Å². The fourth-order valence-electron chi connectivity index (χ4n) is 2.61. The molecule has 5 nitrogen and oxygen atoms in total. The summed E-state index contributed by atoms with van der Waals surface area (Å²) in [6.07, 6.45) is 0. The standard InChI is InChI=1S/C22H26BrClN2O3/c1-15(2)12-25-22(28)16(3)26(13-17-8-10-18(23)11-9-17)21(27)14-29-20-7-5-4-6-19(20)24/h4-11,15-16H,12-14H2,1-3H3,(H,25,28)/t16-/m1/s1. The van der Waals surface area contributed by atoms with Gasteiger partial charge in [-0.05, 0) is 42.7 Å². The van der Waals surface area contributed by atoms with Crippen LogP contribution in [0.25, 0.3) is 0 Å². The van der Waals surface area contributed by atoms with Gasteiger partial charge in [-0.3, -0.25) is 9.59 Å². The van der Waals surface area contributed by atoms with Gasteiger partial charge in [0.2, 0.25) is 5.91 Å². The molecule has 0 aliphatic heterocycles. The van der Waals surface area contributed by atoms with Crippen LogP contribution in [0.15, 0.2) is 53.0 Å². The zero-order valence-corrected chi connectivity index (χ0v) is 19.2. The van der Waals surface area contributed by atoms with E-state index < -0.39 is 6.04 Å². The number of rotatable bonds is 9. The SMILES string of the molecule is CC(C)CNC(=O)[C@@H](C)N(Cc1ccc(Br)cc1)C(=O)COc1ccccc1Cl. The number of nitrogens with zero attached hydrogens (tertiary/aromatic N) is 1. The van der Waals surface area contributed by atoms with Crippen LogP contribution in [-0.4, -0.2) is 35.9 Å². The molecule has 0 radical (unpaired) electrons. The van der Waals surface area contributed by atoms with E-state index >= 15 is 0 Å². The topological polar surface area (TPSA) is 58.6 Å². The van der Waals surface area contributed by atoms with E-state index in [1.165, 1.54) is 4.90 Å². The summed E-state index contributed by atoms with van der Waals surface area (Å²) in [5, 5.41) is 3.33. The Balaban J connectivity index is 2.13. The maximum Gasteiger partial charge on any atom is 0.261 e. The molecule has 0 saturated carbocycles. The highest BCUT2D eigenvalue weighted by Gasteiger charge is 2.26. The molecule has 0 unspecified atom stereocenters. The Bertz CT molecular complexity index is 827. The molecule has 2 rings (SSSR count). The van der Waals surface area contributed by atoms with Crippen molar-refractivity contribution in [1.29, 1.82) is 0 Å². The van der Waals surface area contributed by atoms with Gasteiger partial charge >= 0.3 is 0 Å². The Morgan fingerprint density at radius 2 is 1.76 bits per heavy atom. The van der Waals surface area contributed by atoms with E-state index in [0.717, 1.165) is 10.0 Å². The number of ether oxygens (including phenoxy) is 1. The Labute approximate surface area is 185 Å². The zero-order chi connectivity index (χ0) is 21.4. The van der Waals surface area contributed by atoms with Crippen LogP contribution < -0.4 is 10.1 Å². The van der Waals surface area contributed by atoms with E-state index in [2.05, 4.69) is 21.2 Å². The first-order valence-corrected chi connectivity index (χ1v) is 10.6. The molecule has 2 aromatic carbocycles. The van der Waals surface area contributed by atoms with Crippen LogP contribution in [0.5, 0.6) is 5.75 Å². The summed E-state index contributed by atoms with van der Waals surface area (Å²) in [4.78, 5) is 27.1. The number of benzene rings is 2. The lowest BCUT2D eigenvalue weighted by Gasteiger charge is -2.29. The second-order valence-electron chi connectivity index (χ2n) is 7.18. The van der Waals surface area contributed by atoms with Crippen molar-refractivity contribution in [1.82, 2.24) is 10.2 Å². The van der Waals surface area contributed by atoms with Gasteiger partial charge in [0.25, 0.3) is 5.91 Å². The van der Waals surface area contributed by atoms with E-state index in [1.54, 1.807) is 31.2 Å². The molecule has 2 aromatic rings. The summed E-state index contributed by atoms with van der Waals surface area (Å²) < 4.78 is 6.55. The molecule has 1 N–H and O–H groups in total. The molecule has 2 amide bonds. The molecule has 7 heteroatoms. The second-order valence-corrected chi connectivity index (χ2v) is 8.51. The smallest absolute Gasteiger partial charge is 0.261 e. The van der Waals surface area contributed by atoms with Crippen molar-refractivity contribution in [2.45, 2.75) is 33.4 Å². The van der Waals surface area contributed by atoms with Crippen LogP contribution >= 0.6 is 27.5 Å². The first-order chi connectivity index (χ1) is 13.8. The molecule has 1 atom stereocenters. The van der Waals surface area contributed by atoms with Crippen LogP contribution in [-0.2, 0) is 16.1 Å². The van der Waals surface area contributed by atoms with Crippen molar-refractivity contribution in [2.24, 2.45) is 5.92 Å². The minimum absolute atomic E-state index is 0.193. The summed E-state index contributed by atoms with van der Waals surface area (Å²) in [7, 11) is 0. The largest absolute Gasteiger partial charge is 0.482 e. The van der Waals surface area contributed by atoms with Gasteiger partial charge in [0.15, 0.2) is 6.61 Å². The van der Waals surface area contributed by atoms with E-state index in [4.69, 9.17) is 16.3 Å². The number of carbonyl (C=O) groups excluding carboxylic acids is 2. The summed E-state index contributed by atoms with van der Waals surface area (Å²) in [5.74, 6) is 0.273. The first-order valence-electron chi connectivity index (χ1n) is 9.47. The molecule has 29 heavy (non-hydrogen) atoms. The minimum atomic E-state index is -0.639. The quantitative estimate of drug-likeness (QED) is 0.566. The lowest BCUT2D eigenvalue weighted by Crippen LogP contribution is -2.49. The molecule has 0 fully saturated rings. The number of hydrogen-bond acceptors (Lipinski definition) is 3. The van der Waals surface area contributed by atoms with Gasteiger partial charge in [-0.25, -0.2) is 0 Å². The predicted octanol–water partition coefficient (Wildman–Crippen LogP) is 4.67. The van der Waals surface area contributed by atoms with Crippen molar-refractivity contribution < 1.29 is 14.3 Å². The van der Waals surface area contributed by atoms with Crippen molar-refractivity contribution in [2.75, 3.05) is 13.2 Å². The molecule has 0 spiro atoms. The van der Waals surface area contributed by atoms with Gasteiger partial charge in [-0.1, -0.05) is 65.6 Å². The van der Waals surface area contributed by atoms with Crippen molar-refractivity contribution in [3.63, 3.8) is 0 Å². The number of amides is 2. The minimum Gasteiger partial charge on any atom is -0.482 e. The van der Waals surface area contributed by atoms with E-state index in [0.29, 0.717) is 29.8 Å². The summed E-state index contributed by atoms with van der Waals surface area (Å²) in [6, 6.07) is 14.0. The third kappa shape index (κ3) is 7.37. The van der Waals surface area contributed by atoms with E-state index in [-0.39, 0.29) is 18.4 Å². The number of para-hydroxylation sites is 1. The van der Waals surface area contributed by atoms with Crippen molar-refractivity contribution in [3.8, 4) is 5.75 Å². The third-order valence-electron chi connectivity index (χ3n) is 4.31. The van der Waals surface area contributed by atoms with Crippen molar-refractivity contribution >= 4 is 39.3 Å². The van der Waals surface area contributed by atoms with Gasteiger partial charge in [0.1, 0.15) is 11.8 Å². The zero-order valence-electron chi connectivity index (χ0n) is 16.8. The maximum atomic E-state index is 13.0. The molecule has 0 aliphatic rings. The van der Waals surface area contributed by atoms with Gasteiger partial charge < -0.3 is 15.0 Å². The molecule has 156 valence electrons. The fourth-order valence-corrected chi connectivity index (χ4v) is 3.06. The van der Waals surface area contributed by atoms with Crippen LogP contribution in [0.1, 0.15) is 26.3 Å². The second kappa shape index (κ2) is 11.2. The Kier molecular flexibility index (Phi) is 8.99. The number of nitrogens with one attached hydrogen (secondary N) is 1. The average molecular weight is 482 g/mol. The van der Waals surface area contributed by atoms with E-state index in [1.807, 2.05) is 38.1 Å². The molecule has 0 aromatic heterocycles. The Morgan fingerprint density at radius 3 is 2.38 bits per heavy atom. The van der Waals surface area contributed by atoms with E-state index in [9.17, 15) is 9.59 Å². The normalized spacial score (nSPS) is 11.8. The molecular formula is C22H26BrClN2O3. The van der Waals surface area contributed by atoms with Gasteiger partial charge in [-0.2, -0.15) is 0 Å². The molecule has 0 saturated heterocycles. The summed E-state index contributed by atoms with van der Waals surface area (Å²) >= 11 is 9.50. The van der Waals surface area contributed by atoms with Crippen LogP contribution in [0.4, 0.5) is 0 Å². The van der Waals surface area contributed by atoms with Gasteiger partial charge in [-0.15, -0.1) is 0 Å². The number of halogens is 2. The average Bonchev–Trinajstić information content (AvgIpc) is 2.70. The monoisotopic (exact) mass is 480 g/mol. The molecule has 0 heterocycles. The first kappa shape index (κ1) is 23.2.